The van der Waals surface area contributed by atoms with Crippen molar-refractivity contribution in [2.24, 2.45) is 0 Å². The maximum absolute atomic E-state index is 11.6. The van der Waals surface area contributed by atoms with Gasteiger partial charge in [0.05, 0.1) is 11.5 Å². The molecule has 1 aromatic heterocycles. The number of hydrogen-bond donors (Lipinski definition) is 2. The molecule has 2 N–H and O–H groups in total. The Balaban J connectivity index is 1.77. The van der Waals surface area contributed by atoms with E-state index in [1.54, 1.807) is 12.3 Å². The minimum atomic E-state index is -2.91. The van der Waals surface area contributed by atoms with Gasteiger partial charge in [0.2, 0.25) is 5.95 Å². The van der Waals surface area contributed by atoms with Gasteiger partial charge in [0.15, 0.2) is 9.84 Å². The minimum absolute atomic E-state index is 0.0811. The van der Waals surface area contributed by atoms with E-state index in [0.29, 0.717) is 18.2 Å². The number of rotatable bonds is 5. The first-order chi connectivity index (χ1) is 11.5. The highest BCUT2D eigenvalue weighted by molar-refractivity contribution is 7.91. The van der Waals surface area contributed by atoms with Gasteiger partial charge in [-0.25, -0.2) is 13.4 Å². The van der Waals surface area contributed by atoms with Gasteiger partial charge in [-0.1, -0.05) is 25.1 Å². The lowest BCUT2D eigenvalue weighted by molar-refractivity contribution is 0.602. The second-order valence-electron chi connectivity index (χ2n) is 6.10. The van der Waals surface area contributed by atoms with E-state index in [9.17, 15) is 8.42 Å². The Morgan fingerprint density at radius 3 is 2.83 bits per heavy atom. The minimum Gasteiger partial charge on any atom is -0.366 e. The molecule has 2 heterocycles. The molecule has 0 radical (unpaired) electrons. The Bertz CT molecular complexity index is 836. The normalized spacial score (nSPS) is 19.2. The SMILES string of the molecule is CCc1cccc(C)c1Nc1nccc(NC2CCS(=O)(=O)C2)n1. The fraction of sp³-hybridized carbons (Fsp3) is 0.412. The highest BCUT2D eigenvalue weighted by atomic mass is 32.2. The van der Waals surface area contributed by atoms with Crippen LogP contribution in [0.1, 0.15) is 24.5 Å². The van der Waals surface area contributed by atoms with Gasteiger partial charge in [0.1, 0.15) is 5.82 Å². The predicted octanol–water partition coefficient (Wildman–Crippen LogP) is 2.69. The Morgan fingerprint density at radius 1 is 1.29 bits per heavy atom. The molecule has 0 spiro atoms. The zero-order chi connectivity index (χ0) is 17.2. The smallest absolute Gasteiger partial charge is 0.229 e. The fourth-order valence-electron chi connectivity index (χ4n) is 2.93. The maximum Gasteiger partial charge on any atom is 0.229 e. The van der Waals surface area contributed by atoms with Crippen LogP contribution >= 0.6 is 0 Å². The van der Waals surface area contributed by atoms with Crippen molar-refractivity contribution in [3.05, 3.63) is 41.6 Å². The van der Waals surface area contributed by atoms with Crippen LogP contribution in [-0.4, -0.2) is 35.9 Å². The zero-order valence-corrected chi connectivity index (χ0v) is 14.7. The van der Waals surface area contributed by atoms with Gasteiger partial charge in [-0.05, 0) is 37.0 Å². The van der Waals surface area contributed by atoms with Crippen LogP contribution < -0.4 is 10.6 Å². The maximum atomic E-state index is 11.6. The van der Waals surface area contributed by atoms with E-state index >= 15 is 0 Å². The van der Waals surface area contributed by atoms with Crippen LogP contribution in [0.2, 0.25) is 0 Å². The number of anilines is 3. The average Bonchev–Trinajstić information content (AvgIpc) is 2.88. The predicted molar refractivity (Wildman–Crippen MR) is 96.6 cm³/mol. The van der Waals surface area contributed by atoms with E-state index in [1.165, 1.54) is 5.56 Å². The lowest BCUT2D eigenvalue weighted by Gasteiger charge is -2.15. The number of aryl methyl sites for hydroxylation is 2. The third-order valence-corrected chi connectivity index (χ3v) is 5.98. The second kappa shape index (κ2) is 6.76. The van der Waals surface area contributed by atoms with Gasteiger partial charge in [-0.3, -0.25) is 0 Å². The lowest BCUT2D eigenvalue weighted by atomic mass is 10.1. The van der Waals surface area contributed by atoms with E-state index in [-0.39, 0.29) is 17.5 Å². The third kappa shape index (κ3) is 3.84. The zero-order valence-electron chi connectivity index (χ0n) is 13.9. The van der Waals surface area contributed by atoms with Crippen LogP contribution in [0.5, 0.6) is 0 Å². The average molecular weight is 346 g/mol. The summed E-state index contributed by atoms with van der Waals surface area (Å²) in [4.78, 5) is 8.74. The van der Waals surface area contributed by atoms with Crippen molar-refractivity contribution >= 4 is 27.3 Å². The number of para-hydroxylation sites is 1. The standard InChI is InChI=1S/C17H22N4O2S/c1-3-13-6-4-5-12(2)16(13)21-17-18-9-7-15(20-17)19-14-8-10-24(22,23)11-14/h4-7,9,14H,3,8,10-11H2,1-2H3,(H2,18,19,20,21). The number of benzene rings is 1. The molecule has 1 atom stereocenters. The Morgan fingerprint density at radius 2 is 2.12 bits per heavy atom. The van der Waals surface area contributed by atoms with E-state index in [0.717, 1.165) is 17.7 Å². The molecule has 6 nitrogen and oxygen atoms in total. The fourth-order valence-corrected chi connectivity index (χ4v) is 4.60. The molecule has 128 valence electrons. The van der Waals surface area contributed by atoms with Crippen molar-refractivity contribution in [3.63, 3.8) is 0 Å². The summed E-state index contributed by atoms with van der Waals surface area (Å²) < 4.78 is 23.1. The first-order valence-corrected chi connectivity index (χ1v) is 9.94. The van der Waals surface area contributed by atoms with Crippen molar-refractivity contribution < 1.29 is 8.42 Å². The van der Waals surface area contributed by atoms with Crippen molar-refractivity contribution in [1.82, 2.24) is 9.97 Å². The molecule has 1 aliphatic heterocycles. The van der Waals surface area contributed by atoms with Crippen LogP contribution in [-0.2, 0) is 16.3 Å². The van der Waals surface area contributed by atoms with Gasteiger partial charge in [0, 0.05) is 17.9 Å². The highest BCUT2D eigenvalue weighted by Crippen LogP contribution is 2.24. The molecule has 1 saturated heterocycles. The van der Waals surface area contributed by atoms with Crippen LogP contribution in [0.15, 0.2) is 30.5 Å². The molecule has 24 heavy (non-hydrogen) atoms. The molecule has 0 amide bonds. The van der Waals surface area contributed by atoms with Gasteiger partial charge >= 0.3 is 0 Å². The summed E-state index contributed by atoms with van der Waals surface area (Å²) in [5.41, 5.74) is 3.37. The lowest BCUT2D eigenvalue weighted by Crippen LogP contribution is -2.21. The van der Waals surface area contributed by atoms with E-state index < -0.39 is 9.84 Å². The summed E-state index contributed by atoms with van der Waals surface area (Å²) >= 11 is 0. The molecule has 7 heteroatoms. The molecule has 2 aromatic rings. The Kier molecular flexibility index (Phi) is 4.71. The van der Waals surface area contributed by atoms with Gasteiger partial charge in [-0.15, -0.1) is 0 Å². The molecule has 0 aliphatic carbocycles. The monoisotopic (exact) mass is 346 g/mol. The summed E-state index contributed by atoms with van der Waals surface area (Å²) in [5, 5.41) is 6.49. The highest BCUT2D eigenvalue weighted by Gasteiger charge is 2.27. The first kappa shape index (κ1) is 16.7. The Labute approximate surface area is 142 Å². The number of hydrogen-bond acceptors (Lipinski definition) is 6. The van der Waals surface area contributed by atoms with Crippen LogP contribution in [0, 0.1) is 6.92 Å². The number of nitrogens with zero attached hydrogens (tertiary/aromatic N) is 2. The number of aromatic nitrogens is 2. The molecular formula is C17H22N4O2S. The molecule has 1 unspecified atom stereocenters. The molecule has 0 bridgehead atoms. The quantitative estimate of drug-likeness (QED) is 0.866. The number of nitrogens with one attached hydrogen (secondary N) is 2. The largest absolute Gasteiger partial charge is 0.366 e. The molecule has 0 saturated carbocycles. The van der Waals surface area contributed by atoms with Crippen molar-refractivity contribution in [2.75, 3.05) is 22.1 Å². The molecular weight excluding hydrogens is 324 g/mol. The van der Waals surface area contributed by atoms with Crippen molar-refractivity contribution in [2.45, 2.75) is 32.7 Å². The topological polar surface area (TPSA) is 84.0 Å². The van der Waals surface area contributed by atoms with E-state index in [1.807, 2.05) is 19.1 Å². The summed E-state index contributed by atoms with van der Waals surface area (Å²) in [6.07, 6.45) is 3.21. The van der Waals surface area contributed by atoms with Gasteiger partial charge in [-0.2, -0.15) is 4.98 Å². The summed E-state index contributed by atoms with van der Waals surface area (Å²) in [7, 11) is -2.91. The first-order valence-electron chi connectivity index (χ1n) is 8.12. The van der Waals surface area contributed by atoms with Crippen molar-refractivity contribution in [3.8, 4) is 0 Å². The summed E-state index contributed by atoms with van der Waals surface area (Å²) in [6, 6.07) is 7.85. The van der Waals surface area contributed by atoms with Crippen molar-refractivity contribution in [1.29, 1.82) is 0 Å². The molecule has 1 aromatic carbocycles. The molecule has 1 aliphatic rings. The van der Waals surface area contributed by atoms with E-state index in [4.69, 9.17) is 0 Å². The molecule has 1 fully saturated rings. The van der Waals surface area contributed by atoms with E-state index in [2.05, 4.69) is 33.6 Å². The summed E-state index contributed by atoms with van der Waals surface area (Å²) in [5.74, 6) is 1.55. The second-order valence-corrected chi connectivity index (χ2v) is 8.33. The third-order valence-electron chi connectivity index (χ3n) is 4.22. The van der Waals surface area contributed by atoms with Crippen LogP contribution in [0.3, 0.4) is 0 Å². The van der Waals surface area contributed by atoms with Crippen LogP contribution in [0.4, 0.5) is 17.5 Å². The van der Waals surface area contributed by atoms with Gasteiger partial charge in [0.25, 0.3) is 0 Å². The Hall–Kier alpha value is -2.15. The summed E-state index contributed by atoms with van der Waals surface area (Å²) in [6.45, 7) is 4.16. The molecule has 3 rings (SSSR count). The van der Waals surface area contributed by atoms with Gasteiger partial charge < -0.3 is 10.6 Å². The number of sulfone groups is 1. The van der Waals surface area contributed by atoms with Crippen LogP contribution in [0.25, 0.3) is 0 Å².